The molecule has 0 fully saturated rings. The molecule has 1 heterocycles. The lowest BCUT2D eigenvalue weighted by Gasteiger charge is -2.08. The number of hydrogen-bond donors (Lipinski definition) is 3. The van der Waals surface area contributed by atoms with Gasteiger partial charge in [0.05, 0.1) is 6.61 Å². The monoisotopic (exact) mass is 400 g/mol. The van der Waals surface area contributed by atoms with Crippen molar-refractivity contribution in [3.05, 3.63) is 59.4 Å². The molecule has 8 nitrogen and oxygen atoms in total. The van der Waals surface area contributed by atoms with E-state index in [9.17, 15) is 4.79 Å². The number of hydrogen-bond acceptors (Lipinski definition) is 5. The quantitative estimate of drug-likeness (QED) is 0.149. The zero-order chi connectivity index (χ0) is 20.0. The van der Waals surface area contributed by atoms with E-state index in [1.165, 1.54) is 0 Å². The zero-order valence-corrected chi connectivity index (χ0v) is 15.9. The van der Waals surface area contributed by atoms with Crippen molar-refractivity contribution in [3.63, 3.8) is 0 Å². The first-order valence-corrected chi connectivity index (χ1v) is 9.07. The van der Waals surface area contributed by atoms with Crippen LogP contribution in [0.1, 0.15) is 24.8 Å². The molecule has 146 valence electrons. The van der Waals surface area contributed by atoms with Crippen LogP contribution in [0.4, 0.5) is 5.69 Å². The number of halogens is 1. The SMILES string of the molecule is N#CNC(=NCCCCC(=O)NOCc1ccc(Cl)cc1)Nc1ccncc1. The third-order valence-corrected chi connectivity index (χ3v) is 3.79. The number of guanidine groups is 1. The van der Waals surface area contributed by atoms with E-state index in [2.05, 4.69) is 26.1 Å². The van der Waals surface area contributed by atoms with Crippen LogP contribution < -0.4 is 16.1 Å². The van der Waals surface area contributed by atoms with Gasteiger partial charge in [-0.2, -0.15) is 5.26 Å². The normalized spacial score (nSPS) is 10.8. The number of nitrogens with zero attached hydrogens (tertiary/aromatic N) is 3. The van der Waals surface area contributed by atoms with Crippen LogP contribution in [-0.4, -0.2) is 23.4 Å². The van der Waals surface area contributed by atoms with Gasteiger partial charge in [-0.3, -0.25) is 24.9 Å². The number of benzene rings is 1. The van der Waals surface area contributed by atoms with E-state index in [1.807, 2.05) is 18.3 Å². The minimum Gasteiger partial charge on any atom is -0.325 e. The molecule has 0 aliphatic heterocycles. The van der Waals surface area contributed by atoms with Crippen LogP contribution in [0.25, 0.3) is 0 Å². The Labute approximate surface area is 168 Å². The second-order valence-corrected chi connectivity index (χ2v) is 6.16. The number of aliphatic imine (C=N–C) groups is 1. The summed E-state index contributed by atoms with van der Waals surface area (Å²) in [7, 11) is 0. The molecule has 1 amide bonds. The van der Waals surface area contributed by atoms with E-state index in [-0.39, 0.29) is 12.5 Å². The van der Waals surface area contributed by atoms with Crippen LogP contribution in [0.2, 0.25) is 5.02 Å². The Morgan fingerprint density at radius 3 is 2.64 bits per heavy atom. The summed E-state index contributed by atoms with van der Waals surface area (Å²) in [6.07, 6.45) is 6.79. The molecule has 28 heavy (non-hydrogen) atoms. The van der Waals surface area contributed by atoms with Gasteiger partial charge in [0.2, 0.25) is 11.9 Å². The third kappa shape index (κ3) is 8.49. The number of carbonyl (C=O) groups is 1. The summed E-state index contributed by atoms with van der Waals surface area (Å²) in [6, 6.07) is 10.7. The summed E-state index contributed by atoms with van der Waals surface area (Å²) in [6.45, 7) is 0.748. The Hall–Kier alpha value is -3.15. The molecule has 1 aromatic heterocycles. The molecule has 2 rings (SSSR count). The number of hydroxylamine groups is 1. The average molecular weight is 401 g/mol. The van der Waals surface area contributed by atoms with Crippen LogP contribution in [0.3, 0.4) is 0 Å². The van der Waals surface area contributed by atoms with Gasteiger partial charge in [-0.1, -0.05) is 23.7 Å². The molecule has 0 bridgehead atoms. The number of carbonyl (C=O) groups excluding carboxylic acids is 1. The number of unbranched alkanes of at least 4 members (excludes halogenated alkanes) is 1. The predicted octanol–water partition coefficient (Wildman–Crippen LogP) is 2.99. The summed E-state index contributed by atoms with van der Waals surface area (Å²) in [5.74, 6) is 0.160. The van der Waals surface area contributed by atoms with Crippen molar-refractivity contribution in [1.29, 1.82) is 5.26 Å². The third-order valence-electron chi connectivity index (χ3n) is 3.54. The van der Waals surface area contributed by atoms with Gasteiger partial charge in [0.15, 0.2) is 6.19 Å². The first-order valence-electron chi connectivity index (χ1n) is 8.69. The summed E-state index contributed by atoms with van der Waals surface area (Å²) in [5.41, 5.74) is 4.10. The van der Waals surface area contributed by atoms with Crippen LogP contribution in [0.5, 0.6) is 0 Å². The number of anilines is 1. The molecule has 0 spiro atoms. The van der Waals surface area contributed by atoms with Crippen molar-refractivity contribution in [2.45, 2.75) is 25.9 Å². The fourth-order valence-corrected chi connectivity index (χ4v) is 2.28. The van der Waals surface area contributed by atoms with E-state index < -0.39 is 0 Å². The second-order valence-electron chi connectivity index (χ2n) is 5.73. The van der Waals surface area contributed by atoms with E-state index in [0.717, 1.165) is 11.3 Å². The van der Waals surface area contributed by atoms with Gasteiger partial charge in [-0.25, -0.2) is 5.48 Å². The lowest BCUT2D eigenvalue weighted by molar-refractivity contribution is -0.134. The maximum absolute atomic E-state index is 11.8. The number of aromatic nitrogens is 1. The van der Waals surface area contributed by atoms with Gasteiger partial charge in [0.1, 0.15) is 0 Å². The van der Waals surface area contributed by atoms with E-state index in [0.29, 0.717) is 36.8 Å². The molecule has 0 saturated carbocycles. The van der Waals surface area contributed by atoms with Crippen LogP contribution in [-0.2, 0) is 16.2 Å². The van der Waals surface area contributed by atoms with Crippen molar-refractivity contribution in [2.24, 2.45) is 4.99 Å². The molecule has 0 saturated heterocycles. The highest BCUT2D eigenvalue weighted by Gasteiger charge is 2.03. The van der Waals surface area contributed by atoms with Gasteiger partial charge in [-0.15, -0.1) is 0 Å². The fourth-order valence-electron chi connectivity index (χ4n) is 2.16. The topological polar surface area (TPSA) is 111 Å². The molecular formula is C19H21ClN6O2. The fraction of sp³-hybridized carbons (Fsp3) is 0.263. The van der Waals surface area contributed by atoms with Crippen molar-refractivity contribution in [3.8, 4) is 6.19 Å². The minimum atomic E-state index is -0.191. The van der Waals surface area contributed by atoms with E-state index >= 15 is 0 Å². The Morgan fingerprint density at radius 2 is 1.93 bits per heavy atom. The zero-order valence-electron chi connectivity index (χ0n) is 15.2. The molecule has 0 unspecified atom stereocenters. The molecule has 0 aliphatic carbocycles. The number of rotatable bonds is 9. The van der Waals surface area contributed by atoms with Gasteiger partial charge in [0, 0.05) is 36.1 Å². The highest BCUT2D eigenvalue weighted by molar-refractivity contribution is 6.30. The molecular weight excluding hydrogens is 380 g/mol. The molecule has 0 aliphatic rings. The number of nitrogens with one attached hydrogen (secondary N) is 3. The van der Waals surface area contributed by atoms with Crippen molar-refractivity contribution < 1.29 is 9.63 Å². The number of amides is 1. The predicted molar refractivity (Wildman–Crippen MR) is 107 cm³/mol. The summed E-state index contributed by atoms with van der Waals surface area (Å²) in [4.78, 5) is 25.2. The lowest BCUT2D eigenvalue weighted by Crippen LogP contribution is -2.27. The largest absolute Gasteiger partial charge is 0.325 e. The highest BCUT2D eigenvalue weighted by Crippen LogP contribution is 2.10. The van der Waals surface area contributed by atoms with Gasteiger partial charge < -0.3 is 5.32 Å². The Bertz CT molecular complexity index is 805. The number of pyridine rings is 1. The Morgan fingerprint density at radius 1 is 1.18 bits per heavy atom. The van der Waals surface area contributed by atoms with Crippen LogP contribution in [0.15, 0.2) is 53.8 Å². The molecule has 0 atom stereocenters. The summed E-state index contributed by atoms with van der Waals surface area (Å²) >= 11 is 5.81. The van der Waals surface area contributed by atoms with Crippen molar-refractivity contribution in [2.75, 3.05) is 11.9 Å². The summed E-state index contributed by atoms with van der Waals surface area (Å²) < 4.78 is 0. The van der Waals surface area contributed by atoms with Crippen LogP contribution in [0, 0.1) is 11.5 Å². The maximum atomic E-state index is 11.8. The van der Waals surface area contributed by atoms with Crippen LogP contribution >= 0.6 is 11.6 Å². The molecule has 9 heteroatoms. The molecule has 2 aromatic rings. The minimum absolute atomic E-state index is 0.191. The molecule has 3 N–H and O–H groups in total. The first-order chi connectivity index (χ1) is 13.7. The van der Waals surface area contributed by atoms with Crippen molar-refractivity contribution in [1.82, 2.24) is 15.8 Å². The van der Waals surface area contributed by atoms with E-state index in [1.54, 1.807) is 36.7 Å². The number of nitriles is 1. The van der Waals surface area contributed by atoms with Gasteiger partial charge in [0.25, 0.3) is 0 Å². The first kappa shape index (κ1) is 21.2. The molecule has 1 aromatic carbocycles. The van der Waals surface area contributed by atoms with E-state index in [4.69, 9.17) is 21.7 Å². The highest BCUT2D eigenvalue weighted by atomic mass is 35.5. The Kier molecular flexibility index (Phi) is 9.27. The van der Waals surface area contributed by atoms with Crippen molar-refractivity contribution >= 4 is 29.2 Å². The Balaban J connectivity index is 1.62. The summed E-state index contributed by atoms with van der Waals surface area (Å²) in [5, 5.41) is 14.9. The smallest absolute Gasteiger partial charge is 0.243 e. The lowest BCUT2D eigenvalue weighted by atomic mass is 10.2. The average Bonchev–Trinajstić information content (AvgIpc) is 2.70. The maximum Gasteiger partial charge on any atom is 0.243 e. The standard InChI is InChI=1S/C19H21ClN6O2/c20-16-6-4-15(5-7-16)13-28-26-18(27)3-1-2-10-23-19(24-14-21)25-17-8-11-22-12-9-17/h4-9,11-12H,1-3,10,13H2,(H,26,27)(H2,22,23,24,25). The van der Waals surface area contributed by atoms with Gasteiger partial charge in [-0.05, 0) is 42.7 Å². The van der Waals surface area contributed by atoms with Gasteiger partial charge >= 0.3 is 0 Å². The molecule has 0 radical (unpaired) electrons. The second kappa shape index (κ2) is 12.3.